The lowest BCUT2D eigenvalue weighted by molar-refractivity contribution is 0.0906. The predicted molar refractivity (Wildman–Crippen MR) is 82.5 cm³/mol. The molecule has 21 heavy (non-hydrogen) atoms. The van der Waals surface area contributed by atoms with E-state index in [0.29, 0.717) is 24.7 Å². The number of hydrogen-bond acceptors (Lipinski definition) is 5. The first-order valence-electron chi connectivity index (χ1n) is 6.67. The second-order valence-corrected chi connectivity index (χ2v) is 5.88. The lowest BCUT2D eigenvalue weighted by atomic mass is 10.2. The van der Waals surface area contributed by atoms with Crippen LogP contribution in [-0.2, 0) is 11.3 Å². The molecule has 2 aromatic rings. The molecule has 5 nitrogen and oxygen atoms in total. The molecule has 1 unspecified atom stereocenters. The quantitative estimate of drug-likeness (QED) is 0.854. The van der Waals surface area contributed by atoms with Crippen LogP contribution in [-0.4, -0.2) is 38.6 Å². The molecule has 0 radical (unpaired) electrons. The minimum absolute atomic E-state index is 0.155. The Labute approximate surface area is 128 Å². The number of thiophene rings is 1. The summed E-state index contributed by atoms with van der Waals surface area (Å²) >= 11 is 1.68. The maximum atomic E-state index is 12.1. The van der Waals surface area contributed by atoms with Crippen molar-refractivity contribution in [2.75, 3.05) is 27.7 Å². The summed E-state index contributed by atoms with van der Waals surface area (Å²) in [5.74, 6) is 0.747. The minimum Gasteiger partial charge on any atom is -0.453 e. The van der Waals surface area contributed by atoms with Crippen molar-refractivity contribution in [2.24, 2.45) is 0 Å². The topological polar surface area (TPSA) is 54.7 Å². The molecular formula is C15H20N2O3S. The highest BCUT2D eigenvalue weighted by Crippen LogP contribution is 2.22. The van der Waals surface area contributed by atoms with E-state index in [0.717, 1.165) is 0 Å². The fraction of sp³-hybridized carbons (Fsp3) is 0.400. The highest BCUT2D eigenvalue weighted by Gasteiger charge is 2.18. The number of nitrogens with one attached hydrogen (secondary N) is 1. The number of rotatable bonds is 7. The van der Waals surface area contributed by atoms with E-state index < -0.39 is 0 Å². The summed E-state index contributed by atoms with van der Waals surface area (Å²) in [4.78, 5) is 15.4. The Morgan fingerprint density at radius 2 is 2.24 bits per heavy atom. The zero-order chi connectivity index (χ0) is 15.2. The van der Waals surface area contributed by atoms with Gasteiger partial charge in [-0.3, -0.25) is 4.79 Å². The van der Waals surface area contributed by atoms with Gasteiger partial charge < -0.3 is 19.4 Å². The van der Waals surface area contributed by atoms with Crippen LogP contribution in [0.25, 0.3) is 0 Å². The van der Waals surface area contributed by atoms with E-state index in [4.69, 9.17) is 9.15 Å². The molecule has 0 saturated heterocycles. The van der Waals surface area contributed by atoms with E-state index in [9.17, 15) is 4.79 Å². The Morgan fingerprint density at radius 3 is 2.86 bits per heavy atom. The van der Waals surface area contributed by atoms with E-state index in [2.05, 4.69) is 16.3 Å². The number of methoxy groups -OCH3 is 1. The third kappa shape index (κ3) is 4.17. The second kappa shape index (κ2) is 7.40. The number of carbonyl (C=O) groups excluding carboxylic acids is 1. The summed E-state index contributed by atoms with van der Waals surface area (Å²) in [6, 6.07) is 7.66. The zero-order valence-electron chi connectivity index (χ0n) is 12.5. The van der Waals surface area contributed by atoms with Crippen LogP contribution in [0.2, 0.25) is 0 Å². The van der Waals surface area contributed by atoms with Crippen molar-refractivity contribution in [3.05, 3.63) is 46.0 Å². The van der Waals surface area contributed by atoms with Gasteiger partial charge in [0, 0.05) is 18.5 Å². The molecule has 1 amide bonds. The second-order valence-electron chi connectivity index (χ2n) is 4.90. The Balaban J connectivity index is 1.95. The van der Waals surface area contributed by atoms with Gasteiger partial charge in [-0.1, -0.05) is 6.07 Å². The van der Waals surface area contributed by atoms with Crippen LogP contribution in [0.4, 0.5) is 0 Å². The van der Waals surface area contributed by atoms with E-state index in [1.807, 2.05) is 25.5 Å². The maximum Gasteiger partial charge on any atom is 0.287 e. The fourth-order valence-corrected chi connectivity index (χ4v) is 2.94. The van der Waals surface area contributed by atoms with Gasteiger partial charge in [-0.15, -0.1) is 11.3 Å². The average molecular weight is 308 g/mol. The Morgan fingerprint density at radius 1 is 1.43 bits per heavy atom. The first-order valence-corrected chi connectivity index (χ1v) is 7.55. The molecule has 0 bridgehead atoms. The molecule has 0 aliphatic rings. The highest BCUT2D eigenvalue weighted by molar-refractivity contribution is 7.10. The van der Waals surface area contributed by atoms with Gasteiger partial charge in [0.05, 0.1) is 6.04 Å². The molecule has 1 atom stereocenters. The third-order valence-electron chi connectivity index (χ3n) is 3.12. The molecule has 0 aromatic carbocycles. The molecule has 2 heterocycles. The lowest BCUT2D eigenvalue weighted by Crippen LogP contribution is -2.34. The first-order chi connectivity index (χ1) is 10.1. The lowest BCUT2D eigenvalue weighted by Gasteiger charge is -2.23. The molecular weight excluding hydrogens is 288 g/mol. The Kier molecular flexibility index (Phi) is 5.55. The number of carbonyl (C=O) groups is 1. The zero-order valence-corrected chi connectivity index (χ0v) is 13.3. The molecule has 1 N–H and O–H groups in total. The minimum atomic E-state index is -0.208. The van der Waals surface area contributed by atoms with Crippen molar-refractivity contribution in [1.29, 1.82) is 0 Å². The van der Waals surface area contributed by atoms with Gasteiger partial charge in [-0.2, -0.15) is 0 Å². The van der Waals surface area contributed by atoms with Crippen LogP contribution in [0.3, 0.4) is 0 Å². The molecule has 0 aliphatic heterocycles. The van der Waals surface area contributed by atoms with Crippen molar-refractivity contribution in [3.63, 3.8) is 0 Å². The van der Waals surface area contributed by atoms with E-state index in [1.165, 1.54) is 4.88 Å². The average Bonchev–Trinajstić information content (AvgIpc) is 3.10. The predicted octanol–water partition coefficient (Wildman–Crippen LogP) is 2.52. The summed E-state index contributed by atoms with van der Waals surface area (Å²) in [5.41, 5.74) is 0. The first kappa shape index (κ1) is 15.8. The van der Waals surface area contributed by atoms with E-state index in [-0.39, 0.29) is 11.9 Å². The Bertz CT molecular complexity index is 563. The van der Waals surface area contributed by atoms with Gasteiger partial charge >= 0.3 is 0 Å². The highest BCUT2D eigenvalue weighted by atomic mass is 32.1. The van der Waals surface area contributed by atoms with E-state index >= 15 is 0 Å². The van der Waals surface area contributed by atoms with Crippen LogP contribution < -0.4 is 5.32 Å². The third-order valence-corrected chi connectivity index (χ3v) is 4.10. The van der Waals surface area contributed by atoms with Crippen molar-refractivity contribution in [3.8, 4) is 0 Å². The number of amides is 1. The van der Waals surface area contributed by atoms with Crippen LogP contribution in [0, 0.1) is 0 Å². The number of nitrogens with zero attached hydrogens (tertiary/aromatic N) is 1. The van der Waals surface area contributed by atoms with Crippen LogP contribution in [0.15, 0.2) is 34.1 Å². The molecule has 0 spiro atoms. The summed E-state index contributed by atoms with van der Waals surface area (Å²) in [7, 11) is 5.59. The number of furan rings is 1. The monoisotopic (exact) mass is 308 g/mol. The molecule has 0 aliphatic carbocycles. The number of hydrogen-bond donors (Lipinski definition) is 1. The van der Waals surface area contributed by atoms with Crippen LogP contribution in [0.1, 0.15) is 27.2 Å². The van der Waals surface area contributed by atoms with Gasteiger partial charge in [0.25, 0.3) is 5.91 Å². The standard InChI is InChI=1S/C15H20N2O3S/c1-17(2)12(14-5-4-8-21-14)9-16-15(18)13-7-6-11(20-13)10-19-3/h4-8,12H,9-10H2,1-3H3,(H,16,18). The van der Waals surface area contributed by atoms with E-state index in [1.54, 1.807) is 30.6 Å². The molecule has 6 heteroatoms. The number of ether oxygens (including phenoxy) is 1. The van der Waals surface area contributed by atoms with Gasteiger partial charge in [0.15, 0.2) is 5.76 Å². The van der Waals surface area contributed by atoms with Gasteiger partial charge in [0.2, 0.25) is 0 Å². The summed E-state index contributed by atoms with van der Waals surface area (Å²) in [6.07, 6.45) is 0. The molecule has 0 fully saturated rings. The summed E-state index contributed by atoms with van der Waals surface area (Å²) in [6.45, 7) is 0.898. The fourth-order valence-electron chi connectivity index (χ4n) is 2.01. The smallest absolute Gasteiger partial charge is 0.287 e. The normalized spacial score (nSPS) is 12.6. The SMILES string of the molecule is COCc1ccc(C(=O)NCC(c2cccs2)N(C)C)o1. The number of likely N-dealkylation sites (N-methyl/N-ethyl adjacent to an activating group) is 1. The summed E-state index contributed by atoms with van der Waals surface area (Å²) < 4.78 is 10.4. The summed E-state index contributed by atoms with van der Waals surface area (Å²) in [5, 5.41) is 4.95. The van der Waals surface area contributed by atoms with Crippen molar-refractivity contribution < 1.29 is 13.9 Å². The largest absolute Gasteiger partial charge is 0.453 e. The maximum absolute atomic E-state index is 12.1. The van der Waals surface area contributed by atoms with Crippen molar-refractivity contribution in [2.45, 2.75) is 12.6 Å². The van der Waals surface area contributed by atoms with Crippen LogP contribution >= 0.6 is 11.3 Å². The van der Waals surface area contributed by atoms with Gasteiger partial charge in [0.1, 0.15) is 12.4 Å². The Hall–Kier alpha value is -1.63. The molecule has 0 saturated carbocycles. The molecule has 2 aromatic heterocycles. The molecule has 2 rings (SSSR count). The van der Waals surface area contributed by atoms with Gasteiger partial charge in [-0.25, -0.2) is 0 Å². The van der Waals surface area contributed by atoms with Gasteiger partial charge in [-0.05, 0) is 37.7 Å². The van der Waals surface area contributed by atoms with Crippen LogP contribution in [0.5, 0.6) is 0 Å². The molecule has 114 valence electrons. The van der Waals surface area contributed by atoms with Crippen molar-refractivity contribution in [1.82, 2.24) is 10.2 Å². The van der Waals surface area contributed by atoms with Crippen molar-refractivity contribution >= 4 is 17.2 Å².